The van der Waals surface area contributed by atoms with E-state index in [1.54, 1.807) is 42.5 Å². The largest absolute Gasteiger partial charge is 0.493 e. The Balaban J connectivity index is 2.08. The van der Waals surface area contributed by atoms with Crippen molar-refractivity contribution in [3.05, 3.63) is 59.2 Å². The molecule has 120 valence electrons. The predicted molar refractivity (Wildman–Crippen MR) is 85.1 cm³/mol. The van der Waals surface area contributed by atoms with Gasteiger partial charge in [0.2, 0.25) is 0 Å². The number of ether oxygens (including phenoxy) is 3. The zero-order valence-electron chi connectivity index (χ0n) is 13.3. The maximum atomic E-state index is 11.4. The van der Waals surface area contributed by atoms with Crippen molar-refractivity contribution in [2.45, 2.75) is 13.5 Å². The van der Waals surface area contributed by atoms with Crippen molar-refractivity contribution in [3.63, 3.8) is 0 Å². The molecule has 23 heavy (non-hydrogen) atoms. The molecule has 0 unspecified atom stereocenters. The fraction of sp³-hybridized carbons (Fsp3) is 0.222. The lowest BCUT2D eigenvalue weighted by atomic mass is 10.1. The number of methoxy groups -OCH3 is 2. The van der Waals surface area contributed by atoms with Crippen LogP contribution >= 0.6 is 0 Å². The van der Waals surface area contributed by atoms with Gasteiger partial charge in [-0.05, 0) is 42.8 Å². The van der Waals surface area contributed by atoms with Gasteiger partial charge in [-0.15, -0.1) is 0 Å². The minimum Gasteiger partial charge on any atom is -0.493 e. The van der Waals surface area contributed by atoms with Crippen LogP contribution in [-0.2, 0) is 11.3 Å². The van der Waals surface area contributed by atoms with Crippen LogP contribution in [-0.4, -0.2) is 26.0 Å². The van der Waals surface area contributed by atoms with Gasteiger partial charge in [0, 0.05) is 5.56 Å². The first-order chi connectivity index (χ1) is 11.0. The van der Waals surface area contributed by atoms with Crippen LogP contribution in [0.2, 0.25) is 0 Å². The van der Waals surface area contributed by atoms with Crippen LogP contribution in [0.25, 0.3) is 0 Å². The van der Waals surface area contributed by atoms with E-state index in [4.69, 9.17) is 9.47 Å². The Kier molecular flexibility index (Phi) is 5.36. The molecule has 2 aromatic carbocycles. The summed E-state index contributed by atoms with van der Waals surface area (Å²) in [5.41, 5.74) is 1.95. The molecule has 0 amide bonds. The van der Waals surface area contributed by atoms with Crippen molar-refractivity contribution < 1.29 is 23.8 Å². The Morgan fingerprint density at radius 2 is 1.57 bits per heavy atom. The standard InChI is InChI=1S/C18H18O5/c1-12(19)15-8-9-16(17(10-15)21-2)23-11-13-4-6-14(7-5-13)18(20)22-3/h4-10H,11H2,1-3H3. The lowest BCUT2D eigenvalue weighted by Gasteiger charge is -2.12. The Labute approximate surface area is 134 Å². The predicted octanol–water partition coefficient (Wildman–Crippen LogP) is 3.26. The lowest BCUT2D eigenvalue weighted by molar-refractivity contribution is 0.0600. The zero-order chi connectivity index (χ0) is 16.8. The molecule has 0 N–H and O–H groups in total. The highest BCUT2D eigenvalue weighted by Crippen LogP contribution is 2.29. The third-order valence-electron chi connectivity index (χ3n) is 3.34. The number of Topliss-reactive ketones (excluding diaryl/α,β-unsaturated/α-hetero) is 1. The van der Waals surface area contributed by atoms with E-state index in [1.165, 1.54) is 21.1 Å². The van der Waals surface area contributed by atoms with Crippen molar-refractivity contribution in [1.29, 1.82) is 0 Å². The molecule has 0 atom stereocenters. The van der Waals surface area contributed by atoms with E-state index in [9.17, 15) is 9.59 Å². The quantitative estimate of drug-likeness (QED) is 0.605. The summed E-state index contributed by atoms with van der Waals surface area (Å²) in [4.78, 5) is 22.8. The Hall–Kier alpha value is -2.82. The van der Waals surface area contributed by atoms with Gasteiger partial charge in [0.1, 0.15) is 6.61 Å². The van der Waals surface area contributed by atoms with Gasteiger partial charge >= 0.3 is 5.97 Å². The van der Waals surface area contributed by atoms with Gasteiger partial charge in [0.05, 0.1) is 19.8 Å². The van der Waals surface area contributed by atoms with Crippen LogP contribution in [0.15, 0.2) is 42.5 Å². The number of hydrogen-bond acceptors (Lipinski definition) is 5. The molecule has 0 saturated carbocycles. The van der Waals surface area contributed by atoms with Crippen molar-refractivity contribution in [2.24, 2.45) is 0 Å². The number of rotatable bonds is 6. The highest BCUT2D eigenvalue weighted by molar-refractivity contribution is 5.94. The van der Waals surface area contributed by atoms with E-state index < -0.39 is 0 Å². The minimum absolute atomic E-state index is 0.0340. The van der Waals surface area contributed by atoms with E-state index in [0.29, 0.717) is 29.2 Å². The molecule has 0 aliphatic heterocycles. The summed E-state index contributed by atoms with van der Waals surface area (Å²) in [7, 11) is 2.87. The molecule has 0 saturated heterocycles. The van der Waals surface area contributed by atoms with Gasteiger partial charge in [-0.3, -0.25) is 4.79 Å². The van der Waals surface area contributed by atoms with Gasteiger partial charge in [0.15, 0.2) is 17.3 Å². The molecule has 0 fully saturated rings. The maximum Gasteiger partial charge on any atom is 0.337 e. The molecule has 0 aromatic heterocycles. The maximum absolute atomic E-state index is 11.4. The third kappa shape index (κ3) is 4.10. The summed E-state index contributed by atoms with van der Waals surface area (Å²) in [6.07, 6.45) is 0. The number of ketones is 1. The van der Waals surface area contributed by atoms with Crippen molar-refractivity contribution in [2.75, 3.05) is 14.2 Å². The summed E-state index contributed by atoms with van der Waals surface area (Å²) in [6.45, 7) is 1.81. The smallest absolute Gasteiger partial charge is 0.337 e. The van der Waals surface area contributed by atoms with Crippen LogP contribution in [0.3, 0.4) is 0 Å². The second-order valence-electron chi connectivity index (χ2n) is 4.90. The SMILES string of the molecule is COC(=O)c1ccc(COc2ccc(C(C)=O)cc2OC)cc1. The summed E-state index contributed by atoms with van der Waals surface area (Å²) in [6, 6.07) is 12.0. The van der Waals surface area contributed by atoms with Crippen LogP contribution in [0.5, 0.6) is 11.5 Å². The summed E-state index contributed by atoms with van der Waals surface area (Å²) < 4.78 is 15.6. The van der Waals surface area contributed by atoms with E-state index in [2.05, 4.69) is 4.74 Å². The van der Waals surface area contributed by atoms with E-state index in [0.717, 1.165) is 5.56 Å². The van der Waals surface area contributed by atoms with Gasteiger partial charge in [-0.2, -0.15) is 0 Å². The molecule has 0 heterocycles. The van der Waals surface area contributed by atoms with Crippen molar-refractivity contribution >= 4 is 11.8 Å². The van der Waals surface area contributed by atoms with Crippen LogP contribution < -0.4 is 9.47 Å². The van der Waals surface area contributed by atoms with Crippen LogP contribution in [0.1, 0.15) is 33.2 Å². The molecule has 5 nitrogen and oxygen atoms in total. The second kappa shape index (κ2) is 7.45. The molecule has 0 aliphatic carbocycles. The summed E-state index contributed by atoms with van der Waals surface area (Å²) in [5.74, 6) is 0.644. The van der Waals surface area contributed by atoms with Crippen LogP contribution in [0.4, 0.5) is 0 Å². The van der Waals surface area contributed by atoms with Crippen molar-refractivity contribution in [1.82, 2.24) is 0 Å². The van der Waals surface area contributed by atoms with E-state index >= 15 is 0 Å². The molecular formula is C18H18O5. The van der Waals surface area contributed by atoms with Gasteiger partial charge in [0.25, 0.3) is 0 Å². The molecule has 0 radical (unpaired) electrons. The Morgan fingerprint density at radius 1 is 0.913 bits per heavy atom. The third-order valence-corrected chi connectivity index (χ3v) is 3.34. The lowest BCUT2D eigenvalue weighted by Crippen LogP contribution is -2.02. The van der Waals surface area contributed by atoms with Gasteiger partial charge < -0.3 is 14.2 Å². The normalized spacial score (nSPS) is 10.0. The van der Waals surface area contributed by atoms with Crippen LogP contribution in [0, 0.1) is 0 Å². The molecule has 0 bridgehead atoms. The summed E-state index contributed by atoms with van der Waals surface area (Å²) >= 11 is 0. The number of esters is 1. The Morgan fingerprint density at radius 3 is 2.13 bits per heavy atom. The highest BCUT2D eigenvalue weighted by Gasteiger charge is 2.09. The topological polar surface area (TPSA) is 61.8 Å². The van der Waals surface area contributed by atoms with Gasteiger partial charge in [-0.25, -0.2) is 4.79 Å². The van der Waals surface area contributed by atoms with Gasteiger partial charge in [-0.1, -0.05) is 12.1 Å². The molecule has 2 aromatic rings. The van der Waals surface area contributed by atoms with Crippen molar-refractivity contribution in [3.8, 4) is 11.5 Å². The molecule has 0 spiro atoms. The number of hydrogen-bond donors (Lipinski definition) is 0. The molecule has 0 aliphatic rings. The molecule has 5 heteroatoms. The van der Waals surface area contributed by atoms with E-state index in [-0.39, 0.29) is 11.8 Å². The average Bonchev–Trinajstić information content (AvgIpc) is 2.59. The first kappa shape index (κ1) is 16.5. The fourth-order valence-electron chi connectivity index (χ4n) is 2.02. The first-order valence-corrected chi connectivity index (χ1v) is 7.04. The molecule has 2 rings (SSSR count). The molecular weight excluding hydrogens is 296 g/mol. The second-order valence-corrected chi connectivity index (χ2v) is 4.90. The minimum atomic E-state index is -0.376. The Bertz CT molecular complexity index is 704. The number of carbonyl (C=O) groups excluding carboxylic acids is 2. The van der Waals surface area contributed by atoms with E-state index in [1.807, 2.05) is 0 Å². The number of benzene rings is 2. The summed E-state index contributed by atoms with van der Waals surface area (Å²) in [5, 5.41) is 0. The first-order valence-electron chi connectivity index (χ1n) is 7.04. The zero-order valence-corrected chi connectivity index (χ0v) is 13.3. The monoisotopic (exact) mass is 314 g/mol. The fourth-order valence-corrected chi connectivity index (χ4v) is 2.02. The highest BCUT2D eigenvalue weighted by atomic mass is 16.5. The number of carbonyl (C=O) groups is 2. The average molecular weight is 314 g/mol.